The Morgan fingerprint density at radius 2 is 1.92 bits per heavy atom. The van der Waals surface area contributed by atoms with Crippen LogP contribution >= 0.6 is 24.0 Å². The predicted octanol–water partition coefficient (Wildman–Crippen LogP) is 2.22. The standard InChI is InChI=1S/C17H26N6O.HI/c1-4-9-24-12-15-8-6-5-7-14(15)10-19-17(18-2)20-11-16-21-13-22-23(16)3;/h5-8,13H,4,9-12H2,1-3H3,(H2,18,19,20);1H. The second-order valence-corrected chi connectivity index (χ2v) is 5.40. The van der Waals surface area contributed by atoms with Gasteiger partial charge in [-0.15, -0.1) is 24.0 Å². The average molecular weight is 458 g/mol. The SMILES string of the molecule is CCCOCc1ccccc1CNC(=NC)NCc1ncnn1C.I. The van der Waals surface area contributed by atoms with Crippen molar-refractivity contribution in [3.8, 4) is 0 Å². The highest BCUT2D eigenvalue weighted by Gasteiger charge is 2.05. The van der Waals surface area contributed by atoms with Crippen LogP contribution in [0.4, 0.5) is 0 Å². The Kier molecular flexibility index (Phi) is 10.1. The van der Waals surface area contributed by atoms with Crippen molar-refractivity contribution < 1.29 is 4.74 Å². The molecular weight excluding hydrogens is 431 g/mol. The number of hydrogen-bond acceptors (Lipinski definition) is 4. The van der Waals surface area contributed by atoms with Crippen LogP contribution in [0.25, 0.3) is 0 Å². The highest BCUT2D eigenvalue weighted by molar-refractivity contribution is 14.0. The summed E-state index contributed by atoms with van der Waals surface area (Å²) in [6, 6.07) is 8.28. The van der Waals surface area contributed by atoms with Gasteiger partial charge in [-0.1, -0.05) is 31.2 Å². The van der Waals surface area contributed by atoms with Gasteiger partial charge < -0.3 is 15.4 Å². The number of ether oxygens (including phenoxy) is 1. The Hall–Kier alpha value is -1.68. The molecule has 7 nitrogen and oxygen atoms in total. The van der Waals surface area contributed by atoms with Gasteiger partial charge in [0, 0.05) is 27.2 Å². The lowest BCUT2D eigenvalue weighted by atomic mass is 10.1. The van der Waals surface area contributed by atoms with Crippen molar-refractivity contribution >= 4 is 29.9 Å². The number of guanidine groups is 1. The number of benzene rings is 1. The van der Waals surface area contributed by atoms with Gasteiger partial charge in [-0.2, -0.15) is 5.10 Å². The fourth-order valence-corrected chi connectivity index (χ4v) is 2.24. The summed E-state index contributed by atoms with van der Waals surface area (Å²) in [5.41, 5.74) is 2.40. The van der Waals surface area contributed by atoms with E-state index in [9.17, 15) is 0 Å². The van der Waals surface area contributed by atoms with Crippen LogP contribution in [0, 0.1) is 0 Å². The lowest BCUT2D eigenvalue weighted by Gasteiger charge is -2.14. The Labute approximate surface area is 166 Å². The van der Waals surface area contributed by atoms with E-state index in [1.807, 2.05) is 19.2 Å². The zero-order valence-electron chi connectivity index (χ0n) is 15.0. The van der Waals surface area contributed by atoms with E-state index in [0.29, 0.717) is 19.7 Å². The molecule has 1 aromatic carbocycles. The highest BCUT2D eigenvalue weighted by Crippen LogP contribution is 2.10. The van der Waals surface area contributed by atoms with Crippen LogP contribution < -0.4 is 10.6 Å². The minimum atomic E-state index is 0. The lowest BCUT2D eigenvalue weighted by Crippen LogP contribution is -2.37. The first-order chi connectivity index (χ1) is 11.7. The summed E-state index contributed by atoms with van der Waals surface area (Å²) >= 11 is 0. The molecule has 0 radical (unpaired) electrons. The molecule has 0 aliphatic carbocycles. The molecule has 0 saturated carbocycles. The third-order valence-corrected chi connectivity index (χ3v) is 3.61. The van der Waals surface area contributed by atoms with E-state index >= 15 is 0 Å². The summed E-state index contributed by atoms with van der Waals surface area (Å²) in [6.45, 7) is 4.78. The molecule has 0 unspecified atom stereocenters. The summed E-state index contributed by atoms with van der Waals surface area (Å²) in [5.74, 6) is 1.58. The molecule has 1 aromatic heterocycles. The molecular formula is C17H27IN6O. The molecule has 0 spiro atoms. The van der Waals surface area contributed by atoms with Gasteiger partial charge >= 0.3 is 0 Å². The van der Waals surface area contributed by atoms with Crippen molar-refractivity contribution in [1.29, 1.82) is 0 Å². The van der Waals surface area contributed by atoms with Crippen LogP contribution in [0.2, 0.25) is 0 Å². The van der Waals surface area contributed by atoms with E-state index in [4.69, 9.17) is 4.74 Å². The Morgan fingerprint density at radius 1 is 1.20 bits per heavy atom. The molecule has 0 aliphatic rings. The van der Waals surface area contributed by atoms with Gasteiger partial charge in [0.05, 0.1) is 13.2 Å². The summed E-state index contributed by atoms with van der Waals surface area (Å²) in [6.07, 6.45) is 2.57. The van der Waals surface area contributed by atoms with E-state index in [2.05, 4.69) is 44.8 Å². The fraction of sp³-hybridized carbons (Fsp3) is 0.471. The Morgan fingerprint density at radius 3 is 2.56 bits per heavy atom. The number of halogens is 1. The normalized spacial score (nSPS) is 11.1. The van der Waals surface area contributed by atoms with Gasteiger partial charge in [-0.25, -0.2) is 4.98 Å². The maximum absolute atomic E-state index is 5.66. The fourth-order valence-electron chi connectivity index (χ4n) is 2.24. The Bertz CT molecular complexity index is 658. The number of hydrogen-bond donors (Lipinski definition) is 2. The van der Waals surface area contributed by atoms with Gasteiger partial charge in [0.2, 0.25) is 0 Å². The van der Waals surface area contributed by atoms with Crippen molar-refractivity contribution in [3.05, 3.63) is 47.5 Å². The molecule has 2 N–H and O–H groups in total. The molecule has 0 atom stereocenters. The number of aryl methyl sites for hydroxylation is 1. The molecule has 25 heavy (non-hydrogen) atoms. The summed E-state index contributed by atoms with van der Waals surface area (Å²) in [7, 11) is 3.62. The smallest absolute Gasteiger partial charge is 0.191 e. The van der Waals surface area contributed by atoms with Gasteiger partial charge in [-0.3, -0.25) is 9.67 Å². The minimum Gasteiger partial charge on any atom is -0.377 e. The first-order valence-electron chi connectivity index (χ1n) is 8.16. The van der Waals surface area contributed by atoms with Gasteiger partial charge in [0.15, 0.2) is 5.96 Å². The van der Waals surface area contributed by atoms with Crippen LogP contribution in [0.15, 0.2) is 35.6 Å². The molecule has 2 rings (SSSR count). The molecule has 0 aliphatic heterocycles. The second-order valence-electron chi connectivity index (χ2n) is 5.40. The molecule has 138 valence electrons. The molecule has 2 aromatic rings. The van der Waals surface area contributed by atoms with Crippen molar-refractivity contribution in [2.45, 2.75) is 33.0 Å². The van der Waals surface area contributed by atoms with Crippen molar-refractivity contribution in [2.75, 3.05) is 13.7 Å². The van der Waals surface area contributed by atoms with Crippen LogP contribution in [-0.4, -0.2) is 34.4 Å². The first-order valence-corrected chi connectivity index (χ1v) is 8.16. The summed E-state index contributed by atoms with van der Waals surface area (Å²) < 4.78 is 7.40. The number of aromatic nitrogens is 3. The highest BCUT2D eigenvalue weighted by atomic mass is 127. The molecule has 0 amide bonds. The zero-order chi connectivity index (χ0) is 17.2. The van der Waals surface area contributed by atoms with Gasteiger partial charge in [0.25, 0.3) is 0 Å². The number of nitrogens with zero attached hydrogens (tertiary/aromatic N) is 4. The lowest BCUT2D eigenvalue weighted by molar-refractivity contribution is 0.121. The maximum atomic E-state index is 5.66. The molecule has 1 heterocycles. The van der Waals surface area contributed by atoms with Crippen LogP contribution in [0.5, 0.6) is 0 Å². The molecule has 0 bridgehead atoms. The zero-order valence-corrected chi connectivity index (χ0v) is 17.4. The predicted molar refractivity (Wildman–Crippen MR) is 110 cm³/mol. The molecule has 0 fully saturated rings. The van der Waals surface area contributed by atoms with E-state index in [1.54, 1.807) is 18.1 Å². The number of aliphatic imine (C=N–C) groups is 1. The minimum absolute atomic E-state index is 0. The average Bonchev–Trinajstić information content (AvgIpc) is 3.01. The maximum Gasteiger partial charge on any atom is 0.191 e. The number of nitrogens with one attached hydrogen (secondary N) is 2. The quantitative estimate of drug-likeness (QED) is 0.275. The second kappa shape index (κ2) is 11.8. The largest absolute Gasteiger partial charge is 0.377 e. The third-order valence-electron chi connectivity index (χ3n) is 3.61. The van der Waals surface area contributed by atoms with Crippen LogP contribution in [-0.2, 0) is 31.5 Å². The molecule has 8 heteroatoms. The van der Waals surface area contributed by atoms with E-state index < -0.39 is 0 Å². The first kappa shape index (κ1) is 21.4. The monoisotopic (exact) mass is 458 g/mol. The molecule has 0 saturated heterocycles. The Balaban J connectivity index is 0.00000312. The van der Waals surface area contributed by atoms with Crippen LogP contribution in [0.1, 0.15) is 30.3 Å². The van der Waals surface area contributed by atoms with E-state index in [1.165, 1.54) is 11.1 Å². The van der Waals surface area contributed by atoms with Gasteiger partial charge in [-0.05, 0) is 17.5 Å². The van der Waals surface area contributed by atoms with Crippen molar-refractivity contribution in [1.82, 2.24) is 25.4 Å². The van der Waals surface area contributed by atoms with E-state index in [0.717, 1.165) is 24.8 Å². The topological polar surface area (TPSA) is 76.4 Å². The summed E-state index contributed by atoms with van der Waals surface area (Å²) in [5, 5.41) is 10.6. The summed E-state index contributed by atoms with van der Waals surface area (Å²) in [4.78, 5) is 8.43. The van der Waals surface area contributed by atoms with Crippen LogP contribution in [0.3, 0.4) is 0 Å². The third kappa shape index (κ3) is 6.99. The van der Waals surface area contributed by atoms with Crippen molar-refractivity contribution in [3.63, 3.8) is 0 Å². The van der Waals surface area contributed by atoms with Gasteiger partial charge in [0.1, 0.15) is 12.2 Å². The number of rotatable bonds is 8. The van der Waals surface area contributed by atoms with Crippen molar-refractivity contribution in [2.24, 2.45) is 12.0 Å². The van der Waals surface area contributed by atoms with E-state index in [-0.39, 0.29) is 24.0 Å².